The fourth-order valence-electron chi connectivity index (χ4n) is 3.69. The Labute approximate surface area is 82.4 Å². The molecule has 1 heterocycles. The topological polar surface area (TPSA) is 63.4 Å². The largest absolute Gasteiger partial charge is 0.327 e. The van der Waals surface area contributed by atoms with E-state index in [1.54, 1.807) is 7.05 Å². The molecule has 2 bridgehead atoms. The third-order valence-corrected chi connectivity index (χ3v) is 4.36. The minimum atomic E-state index is -0.0822. The first-order valence-corrected chi connectivity index (χ1v) is 5.20. The summed E-state index contributed by atoms with van der Waals surface area (Å²) in [7, 11) is 1.59. The van der Waals surface area contributed by atoms with Crippen molar-refractivity contribution < 1.29 is 9.59 Å². The number of imide groups is 1. The highest BCUT2D eigenvalue weighted by molar-refractivity contribution is 6.05. The second-order valence-corrected chi connectivity index (χ2v) is 4.77. The molecule has 0 aromatic carbocycles. The predicted molar refractivity (Wildman–Crippen MR) is 48.9 cm³/mol. The number of nitrogens with zero attached hydrogens (tertiary/aromatic N) is 1. The summed E-state index contributed by atoms with van der Waals surface area (Å²) in [6, 6.07) is 0.0894. The van der Waals surface area contributed by atoms with Crippen molar-refractivity contribution in [2.24, 2.45) is 29.4 Å². The number of rotatable bonds is 0. The number of fused-ring (bicyclic) bond motifs is 5. The van der Waals surface area contributed by atoms with Crippen molar-refractivity contribution in [1.29, 1.82) is 0 Å². The summed E-state index contributed by atoms with van der Waals surface area (Å²) in [5.41, 5.74) is 6.02. The van der Waals surface area contributed by atoms with E-state index in [1.807, 2.05) is 0 Å². The molecule has 4 nitrogen and oxygen atoms in total. The molecule has 0 aromatic heterocycles. The Morgan fingerprint density at radius 1 is 1.14 bits per heavy atom. The van der Waals surface area contributed by atoms with E-state index in [2.05, 4.69) is 0 Å². The van der Waals surface area contributed by atoms with Crippen molar-refractivity contribution >= 4 is 11.8 Å². The Kier molecular flexibility index (Phi) is 1.42. The Morgan fingerprint density at radius 3 is 2.00 bits per heavy atom. The van der Waals surface area contributed by atoms with Gasteiger partial charge in [-0.15, -0.1) is 0 Å². The van der Waals surface area contributed by atoms with Crippen LogP contribution in [0.1, 0.15) is 12.8 Å². The summed E-state index contributed by atoms with van der Waals surface area (Å²) in [6.45, 7) is 0. The standard InChI is InChI=1S/C10H14N2O2/c1-12-9(13)6-4-2-3-5(8(4)11)7(6)10(12)14/h4-8H,2-3,11H2,1H3/t4-,5+,6-,7+,8?. The minimum absolute atomic E-state index is 0.00245. The van der Waals surface area contributed by atoms with Crippen LogP contribution in [0.5, 0.6) is 0 Å². The molecule has 0 spiro atoms. The van der Waals surface area contributed by atoms with Crippen LogP contribution in [-0.2, 0) is 9.59 Å². The van der Waals surface area contributed by atoms with Crippen LogP contribution < -0.4 is 5.73 Å². The van der Waals surface area contributed by atoms with Crippen molar-refractivity contribution in [2.45, 2.75) is 18.9 Å². The van der Waals surface area contributed by atoms with Gasteiger partial charge in [-0.3, -0.25) is 14.5 Å². The highest BCUT2D eigenvalue weighted by Crippen LogP contribution is 2.55. The predicted octanol–water partition coefficient (Wildman–Crippen LogP) is -0.416. The van der Waals surface area contributed by atoms with E-state index in [0.717, 1.165) is 12.8 Å². The molecule has 0 radical (unpaired) electrons. The molecule has 3 rings (SSSR count). The van der Waals surface area contributed by atoms with Crippen LogP contribution in [0.3, 0.4) is 0 Å². The zero-order valence-corrected chi connectivity index (χ0v) is 8.14. The first-order valence-electron chi connectivity index (χ1n) is 5.20. The van der Waals surface area contributed by atoms with Crippen LogP contribution in [0.15, 0.2) is 0 Å². The monoisotopic (exact) mass is 194 g/mol. The van der Waals surface area contributed by atoms with Crippen molar-refractivity contribution in [3.05, 3.63) is 0 Å². The summed E-state index contributed by atoms with van der Waals surface area (Å²) in [6.07, 6.45) is 2.06. The van der Waals surface area contributed by atoms with Gasteiger partial charge in [-0.2, -0.15) is 0 Å². The number of carbonyl (C=O) groups is 2. The Balaban J connectivity index is 2.04. The summed E-state index contributed by atoms with van der Waals surface area (Å²) >= 11 is 0. The molecule has 1 saturated heterocycles. The zero-order chi connectivity index (χ0) is 10.0. The smallest absolute Gasteiger partial charge is 0.233 e. The average molecular weight is 194 g/mol. The van der Waals surface area contributed by atoms with Gasteiger partial charge in [0.2, 0.25) is 11.8 Å². The molecule has 4 heteroatoms. The van der Waals surface area contributed by atoms with Crippen LogP contribution in [0.4, 0.5) is 0 Å². The lowest BCUT2D eigenvalue weighted by molar-refractivity contribution is -0.139. The van der Waals surface area contributed by atoms with E-state index < -0.39 is 0 Å². The summed E-state index contributed by atoms with van der Waals surface area (Å²) in [5.74, 6) is 0.380. The Bertz CT molecular complexity index is 298. The Hall–Kier alpha value is -0.900. The molecule has 5 atom stereocenters. The van der Waals surface area contributed by atoms with Gasteiger partial charge in [0.05, 0.1) is 11.8 Å². The highest BCUT2D eigenvalue weighted by atomic mass is 16.2. The first-order chi connectivity index (χ1) is 6.63. The van der Waals surface area contributed by atoms with Crippen LogP contribution in [-0.4, -0.2) is 29.8 Å². The Morgan fingerprint density at radius 2 is 1.57 bits per heavy atom. The molecular formula is C10H14N2O2. The molecule has 3 aliphatic rings. The van der Waals surface area contributed by atoms with Crippen molar-refractivity contribution in [3.63, 3.8) is 0 Å². The van der Waals surface area contributed by atoms with Gasteiger partial charge in [-0.25, -0.2) is 0 Å². The van der Waals surface area contributed by atoms with Gasteiger partial charge in [0.1, 0.15) is 0 Å². The van der Waals surface area contributed by atoms with Gasteiger partial charge >= 0.3 is 0 Å². The van der Waals surface area contributed by atoms with Gasteiger partial charge in [-0.1, -0.05) is 0 Å². The number of likely N-dealkylation sites (tertiary alicyclic amines) is 1. The fraction of sp³-hybridized carbons (Fsp3) is 0.800. The van der Waals surface area contributed by atoms with Crippen molar-refractivity contribution in [3.8, 4) is 0 Å². The van der Waals surface area contributed by atoms with Gasteiger partial charge in [0, 0.05) is 13.1 Å². The van der Waals surface area contributed by atoms with Gasteiger partial charge in [0.15, 0.2) is 0 Å². The van der Waals surface area contributed by atoms with E-state index in [1.165, 1.54) is 4.90 Å². The number of amides is 2. The molecule has 2 aliphatic carbocycles. The quantitative estimate of drug-likeness (QED) is 0.533. The molecule has 2 amide bonds. The molecule has 14 heavy (non-hydrogen) atoms. The second kappa shape index (κ2) is 2.37. The second-order valence-electron chi connectivity index (χ2n) is 4.77. The molecule has 2 saturated carbocycles. The minimum Gasteiger partial charge on any atom is -0.327 e. The van der Waals surface area contributed by atoms with Crippen LogP contribution >= 0.6 is 0 Å². The molecule has 1 aliphatic heterocycles. The number of hydrogen-bond acceptors (Lipinski definition) is 3. The molecule has 1 unspecified atom stereocenters. The molecule has 3 fully saturated rings. The summed E-state index contributed by atoms with van der Waals surface area (Å²) < 4.78 is 0. The van der Waals surface area contributed by atoms with E-state index in [4.69, 9.17) is 5.73 Å². The normalized spacial score (nSPS) is 50.4. The van der Waals surface area contributed by atoms with E-state index in [0.29, 0.717) is 0 Å². The SMILES string of the molecule is CN1C(=O)[C@@H]2[C@H](C1=O)[C@H]1CC[C@@H]2C1N. The van der Waals surface area contributed by atoms with Gasteiger partial charge in [-0.05, 0) is 24.7 Å². The van der Waals surface area contributed by atoms with E-state index in [9.17, 15) is 9.59 Å². The van der Waals surface area contributed by atoms with Crippen molar-refractivity contribution in [2.75, 3.05) is 7.05 Å². The summed E-state index contributed by atoms with van der Waals surface area (Å²) in [5, 5.41) is 0. The van der Waals surface area contributed by atoms with Crippen molar-refractivity contribution in [1.82, 2.24) is 4.90 Å². The number of hydrogen-bond donors (Lipinski definition) is 1. The number of carbonyl (C=O) groups excluding carboxylic acids is 2. The lowest BCUT2D eigenvalue weighted by Crippen LogP contribution is -2.35. The fourth-order valence-corrected chi connectivity index (χ4v) is 3.69. The first kappa shape index (κ1) is 8.41. The summed E-state index contributed by atoms with van der Waals surface area (Å²) in [4.78, 5) is 24.9. The lowest BCUT2D eigenvalue weighted by atomic mass is 9.81. The molecular weight excluding hydrogens is 180 g/mol. The van der Waals surface area contributed by atoms with Gasteiger partial charge < -0.3 is 5.73 Å². The van der Waals surface area contributed by atoms with Crippen LogP contribution in [0.2, 0.25) is 0 Å². The maximum absolute atomic E-state index is 11.8. The molecule has 0 aromatic rings. The van der Waals surface area contributed by atoms with Crippen LogP contribution in [0, 0.1) is 23.7 Å². The zero-order valence-electron chi connectivity index (χ0n) is 8.14. The molecule has 76 valence electrons. The highest BCUT2D eigenvalue weighted by Gasteiger charge is 2.63. The average Bonchev–Trinajstić information content (AvgIpc) is 2.74. The van der Waals surface area contributed by atoms with E-state index in [-0.39, 0.29) is 41.5 Å². The number of nitrogens with two attached hydrogens (primary N) is 1. The van der Waals surface area contributed by atoms with E-state index >= 15 is 0 Å². The maximum Gasteiger partial charge on any atom is 0.233 e. The maximum atomic E-state index is 11.8. The third-order valence-electron chi connectivity index (χ3n) is 4.36. The van der Waals surface area contributed by atoms with Gasteiger partial charge in [0.25, 0.3) is 0 Å². The van der Waals surface area contributed by atoms with Crippen LogP contribution in [0.25, 0.3) is 0 Å². The third kappa shape index (κ3) is 0.704. The molecule has 2 N–H and O–H groups in total. The lowest BCUT2D eigenvalue weighted by Gasteiger charge is -2.18.